The summed E-state index contributed by atoms with van der Waals surface area (Å²) in [4.78, 5) is 11.8. The van der Waals surface area contributed by atoms with Crippen molar-refractivity contribution in [3.8, 4) is 0 Å². The molecule has 1 aromatic heterocycles. The minimum Gasteiger partial charge on any atom is -0.347 e. The van der Waals surface area contributed by atoms with Gasteiger partial charge in [-0.1, -0.05) is 77.8 Å². The summed E-state index contributed by atoms with van der Waals surface area (Å²) in [7, 11) is -2.47. The van der Waals surface area contributed by atoms with Crippen molar-refractivity contribution in [3.63, 3.8) is 0 Å². The summed E-state index contributed by atoms with van der Waals surface area (Å²) < 4.78 is 0. The molecule has 5 heteroatoms. The second kappa shape index (κ2) is 9.57. The summed E-state index contributed by atoms with van der Waals surface area (Å²) in [6.07, 6.45) is 6.26. The molecular weight excluding hydrogens is 314 g/mol. The van der Waals surface area contributed by atoms with Gasteiger partial charge >= 0.3 is 0 Å². The zero-order valence-corrected chi connectivity index (χ0v) is 18.2. The molecule has 0 aliphatic carbocycles. The van der Waals surface area contributed by atoms with Crippen LogP contribution in [0.25, 0.3) is 0 Å². The molecule has 0 aliphatic heterocycles. The average molecular weight is 352 g/mol. The molecule has 0 saturated heterocycles. The summed E-state index contributed by atoms with van der Waals surface area (Å²) in [6, 6.07) is 10.1. The topological polar surface area (TPSA) is 29.0 Å². The first-order chi connectivity index (χ1) is 11.0. The van der Waals surface area contributed by atoms with Crippen LogP contribution in [0.2, 0.25) is 36.3 Å². The van der Waals surface area contributed by atoms with Gasteiger partial charge < -0.3 is 4.90 Å². The molecule has 0 aromatic carbocycles. The quantitative estimate of drug-likeness (QED) is 0.501. The number of aromatic nitrogens is 2. The van der Waals surface area contributed by atoms with E-state index in [1.165, 1.54) is 48.6 Å². The summed E-state index contributed by atoms with van der Waals surface area (Å²) >= 11 is 0. The van der Waals surface area contributed by atoms with E-state index in [0.717, 1.165) is 5.95 Å². The van der Waals surface area contributed by atoms with Crippen LogP contribution < -0.4 is 4.90 Å². The Labute approximate surface area is 146 Å². The van der Waals surface area contributed by atoms with Gasteiger partial charge in [-0.15, -0.1) is 0 Å². The van der Waals surface area contributed by atoms with Crippen molar-refractivity contribution in [1.29, 1.82) is 0 Å². The van der Waals surface area contributed by atoms with Crippen molar-refractivity contribution < 1.29 is 0 Å². The van der Waals surface area contributed by atoms with Crippen LogP contribution in [0.4, 0.5) is 5.95 Å². The van der Waals surface area contributed by atoms with Gasteiger partial charge in [0.1, 0.15) is 0 Å². The molecule has 0 radical (unpaired) electrons. The molecule has 3 nitrogen and oxygen atoms in total. The fourth-order valence-electron chi connectivity index (χ4n) is 3.63. The SMILES string of the molecule is CC[Si](CC)(CC)CN(C[Si](CC)(CC)CC)c1ncccn1. The first kappa shape index (κ1) is 20.4. The third kappa shape index (κ3) is 5.14. The van der Waals surface area contributed by atoms with Crippen molar-refractivity contribution >= 4 is 22.1 Å². The van der Waals surface area contributed by atoms with E-state index in [-0.39, 0.29) is 0 Å². The Kier molecular flexibility index (Phi) is 8.47. The van der Waals surface area contributed by atoms with Crippen molar-refractivity contribution in [2.45, 2.75) is 77.8 Å². The summed E-state index contributed by atoms with van der Waals surface area (Å²) in [5, 5.41) is 0. The van der Waals surface area contributed by atoms with Crippen LogP contribution >= 0.6 is 0 Å². The van der Waals surface area contributed by atoms with Crippen LogP contribution in [-0.2, 0) is 0 Å². The predicted molar refractivity (Wildman–Crippen MR) is 109 cm³/mol. The van der Waals surface area contributed by atoms with Gasteiger partial charge in [0.25, 0.3) is 0 Å². The van der Waals surface area contributed by atoms with E-state index in [9.17, 15) is 0 Å². The first-order valence-corrected chi connectivity index (χ1v) is 15.2. The molecule has 0 atom stereocenters. The number of hydrogen-bond acceptors (Lipinski definition) is 3. The Balaban J connectivity index is 3.13. The normalized spacial score (nSPS) is 12.4. The van der Waals surface area contributed by atoms with Crippen LogP contribution in [0.5, 0.6) is 0 Å². The molecule has 0 spiro atoms. The monoisotopic (exact) mass is 351 g/mol. The smallest absolute Gasteiger partial charge is 0.224 e. The van der Waals surface area contributed by atoms with Crippen LogP contribution in [0.15, 0.2) is 18.5 Å². The third-order valence-electron chi connectivity index (χ3n) is 6.39. The van der Waals surface area contributed by atoms with Crippen molar-refractivity contribution in [1.82, 2.24) is 9.97 Å². The molecule has 132 valence electrons. The maximum Gasteiger partial charge on any atom is 0.224 e. The van der Waals surface area contributed by atoms with Crippen molar-refractivity contribution in [2.75, 3.05) is 17.2 Å². The van der Waals surface area contributed by atoms with Crippen LogP contribution in [0.1, 0.15) is 41.5 Å². The zero-order chi connectivity index (χ0) is 17.3. The molecule has 23 heavy (non-hydrogen) atoms. The zero-order valence-electron chi connectivity index (χ0n) is 16.2. The third-order valence-corrected chi connectivity index (χ3v) is 17.5. The largest absolute Gasteiger partial charge is 0.347 e. The van der Waals surface area contributed by atoms with E-state index in [1.54, 1.807) is 0 Å². The fourth-order valence-corrected chi connectivity index (χ4v) is 10.3. The van der Waals surface area contributed by atoms with E-state index in [4.69, 9.17) is 0 Å². The van der Waals surface area contributed by atoms with Gasteiger partial charge in [-0.2, -0.15) is 0 Å². The van der Waals surface area contributed by atoms with E-state index >= 15 is 0 Å². The van der Waals surface area contributed by atoms with Gasteiger partial charge in [0.2, 0.25) is 5.95 Å². The molecule has 0 fully saturated rings. The lowest BCUT2D eigenvalue weighted by molar-refractivity contribution is 0.884. The summed E-state index contributed by atoms with van der Waals surface area (Å²) in [5.41, 5.74) is 0. The highest BCUT2D eigenvalue weighted by molar-refractivity contribution is 6.82. The second-order valence-electron chi connectivity index (χ2n) is 7.03. The van der Waals surface area contributed by atoms with Gasteiger partial charge in [-0.05, 0) is 6.07 Å². The highest BCUT2D eigenvalue weighted by Crippen LogP contribution is 2.27. The minimum absolute atomic E-state index is 0.965. The molecular formula is C18H37N3Si2. The van der Waals surface area contributed by atoms with E-state index in [1.807, 2.05) is 18.5 Å². The van der Waals surface area contributed by atoms with Crippen LogP contribution in [0.3, 0.4) is 0 Å². The first-order valence-electron chi connectivity index (χ1n) is 9.56. The highest BCUT2D eigenvalue weighted by atomic mass is 28.3. The van der Waals surface area contributed by atoms with Crippen LogP contribution in [-0.4, -0.2) is 38.5 Å². The molecule has 1 rings (SSSR count). The Morgan fingerprint density at radius 2 is 1.04 bits per heavy atom. The lowest BCUT2D eigenvalue weighted by Gasteiger charge is -2.40. The number of hydrogen-bond donors (Lipinski definition) is 0. The number of rotatable bonds is 11. The standard InChI is InChI=1S/C18H37N3Si2/c1-7-22(8-2,9-3)16-21(18-19-14-13-15-20-18)17-23(10-4,11-5)12-6/h13-15H,7-12,16-17H2,1-6H3. The Bertz CT molecular complexity index is 393. The lowest BCUT2D eigenvalue weighted by atomic mass is 10.6. The van der Waals surface area contributed by atoms with Gasteiger partial charge in [0.15, 0.2) is 0 Å². The van der Waals surface area contributed by atoms with Gasteiger partial charge in [0, 0.05) is 24.7 Å². The Hall–Kier alpha value is -0.686. The van der Waals surface area contributed by atoms with Gasteiger partial charge in [0.05, 0.1) is 16.1 Å². The summed E-state index contributed by atoms with van der Waals surface area (Å²) in [6.45, 7) is 14.4. The van der Waals surface area contributed by atoms with Crippen molar-refractivity contribution in [3.05, 3.63) is 18.5 Å². The molecule has 1 aromatic rings. The van der Waals surface area contributed by atoms with Gasteiger partial charge in [-0.3, -0.25) is 0 Å². The van der Waals surface area contributed by atoms with Gasteiger partial charge in [-0.25, -0.2) is 9.97 Å². The molecule has 0 amide bonds. The second-order valence-corrected chi connectivity index (χ2v) is 17.9. The maximum atomic E-state index is 4.61. The molecule has 1 heterocycles. The molecule has 0 bridgehead atoms. The maximum absolute atomic E-state index is 4.61. The highest BCUT2D eigenvalue weighted by Gasteiger charge is 2.35. The minimum atomic E-state index is -1.23. The molecule has 0 aliphatic rings. The molecule has 0 unspecified atom stereocenters. The van der Waals surface area contributed by atoms with Crippen LogP contribution in [0, 0.1) is 0 Å². The predicted octanol–water partition coefficient (Wildman–Crippen LogP) is 5.38. The van der Waals surface area contributed by atoms with E-state index in [0.29, 0.717) is 0 Å². The lowest BCUT2D eigenvalue weighted by Crippen LogP contribution is -2.53. The number of nitrogens with zero attached hydrogens (tertiary/aromatic N) is 3. The van der Waals surface area contributed by atoms with E-state index in [2.05, 4.69) is 56.4 Å². The van der Waals surface area contributed by atoms with Crippen molar-refractivity contribution in [2.24, 2.45) is 0 Å². The fraction of sp³-hybridized carbons (Fsp3) is 0.778. The van der Waals surface area contributed by atoms with E-state index < -0.39 is 16.1 Å². The average Bonchev–Trinajstić information content (AvgIpc) is 2.64. The molecule has 0 N–H and O–H groups in total. The Morgan fingerprint density at radius 1 is 0.696 bits per heavy atom. The number of anilines is 1. The molecule has 0 saturated carbocycles. The Morgan fingerprint density at radius 3 is 1.35 bits per heavy atom. The summed E-state index contributed by atoms with van der Waals surface area (Å²) in [5.74, 6) is 0.965.